The molecule has 0 radical (unpaired) electrons. The van der Waals surface area contributed by atoms with E-state index in [9.17, 15) is 5.11 Å². The summed E-state index contributed by atoms with van der Waals surface area (Å²) in [5, 5.41) is 19.7. The molecule has 8 rings (SSSR count). The van der Waals surface area contributed by atoms with E-state index in [0.717, 1.165) is 66.3 Å². The third-order valence-corrected chi connectivity index (χ3v) is 10.4. The molecule has 0 aliphatic carbocycles. The number of aliphatic hydroxyl groups excluding tert-OH is 1. The lowest BCUT2D eigenvalue weighted by molar-refractivity contribution is 0.175. The van der Waals surface area contributed by atoms with E-state index >= 15 is 0 Å². The fourth-order valence-corrected chi connectivity index (χ4v) is 7.91. The molecule has 2 saturated heterocycles. The molecule has 8 heteroatoms. The highest BCUT2D eigenvalue weighted by molar-refractivity contribution is 5.91. The van der Waals surface area contributed by atoms with Gasteiger partial charge in [0.05, 0.1) is 23.5 Å². The Bertz CT molecular complexity index is 1890. The predicted octanol–water partition coefficient (Wildman–Crippen LogP) is 7.02. The van der Waals surface area contributed by atoms with E-state index in [1.165, 1.54) is 72.3 Å². The van der Waals surface area contributed by atoms with E-state index in [2.05, 4.69) is 82.2 Å². The van der Waals surface area contributed by atoms with E-state index in [-0.39, 0.29) is 6.10 Å². The molecular formula is C38H43N7O. The number of anilines is 2. The first-order valence-electron chi connectivity index (χ1n) is 16.9. The summed E-state index contributed by atoms with van der Waals surface area (Å²) in [6, 6.07) is 20.1. The molecule has 236 valence electrons. The van der Waals surface area contributed by atoms with Crippen molar-refractivity contribution < 1.29 is 5.11 Å². The van der Waals surface area contributed by atoms with E-state index in [4.69, 9.17) is 15.1 Å². The first kappa shape index (κ1) is 29.3. The van der Waals surface area contributed by atoms with Crippen LogP contribution in [0, 0.1) is 13.8 Å². The molecule has 3 aliphatic heterocycles. The SMILES string of the molecule is Cc1c(Nc2nccc3cc(CN4CC[C@@H](O)C4)cnc23)cccc1-c1cccc(-c2cc3n(n2)CCCC3N2CCCC2)c1C. The highest BCUT2D eigenvalue weighted by Crippen LogP contribution is 2.39. The van der Waals surface area contributed by atoms with Crippen molar-refractivity contribution in [3.05, 3.63) is 89.4 Å². The molecular weight excluding hydrogens is 570 g/mol. The number of nitrogens with one attached hydrogen (secondary N) is 1. The van der Waals surface area contributed by atoms with E-state index in [1.807, 2.05) is 18.5 Å². The van der Waals surface area contributed by atoms with Gasteiger partial charge in [0, 0.05) is 55.2 Å². The second-order valence-corrected chi connectivity index (χ2v) is 13.4. The van der Waals surface area contributed by atoms with Crippen molar-refractivity contribution in [1.82, 2.24) is 29.5 Å². The zero-order chi connectivity index (χ0) is 31.2. The van der Waals surface area contributed by atoms with Gasteiger partial charge in [0.2, 0.25) is 0 Å². The average molecular weight is 614 g/mol. The van der Waals surface area contributed by atoms with Crippen LogP contribution in [0.25, 0.3) is 33.3 Å². The number of hydrogen-bond donors (Lipinski definition) is 2. The second kappa shape index (κ2) is 12.2. The maximum absolute atomic E-state index is 9.92. The van der Waals surface area contributed by atoms with Gasteiger partial charge in [-0.25, -0.2) is 4.98 Å². The van der Waals surface area contributed by atoms with Crippen LogP contribution in [0.15, 0.2) is 67.0 Å². The zero-order valence-electron chi connectivity index (χ0n) is 26.9. The number of aryl methyl sites for hydroxylation is 1. The van der Waals surface area contributed by atoms with Crippen LogP contribution in [0.3, 0.4) is 0 Å². The van der Waals surface area contributed by atoms with Crippen LogP contribution in [0.1, 0.15) is 60.5 Å². The van der Waals surface area contributed by atoms with Crippen molar-refractivity contribution in [2.75, 3.05) is 31.5 Å². The number of rotatable bonds is 7. The molecule has 0 spiro atoms. The van der Waals surface area contributed by atoms with Crippen LogP contribution in [0.5, 0.6) is 0 Å². The Morgan fingerprint density at radius 3 is 2.48 bits per heavy atom. The number of fused-ring (bicyclic) bond motifs is 2. The smallest absolute Gasteiger partial charge is 0.156 e. The number of likely N-dealkylation sites (tertiary alicyclic amines) is 2. The summed E-state index contributed by atoms with van der Waals surface area (Å²) in [4.78, 5) is 14.5. The lowest BCUT2D eigenvalue weighted by Gasteiger charge is -2.31. The zero-order valence-corrected chi connectivity index (χ0v) is 26.9. The van der Waals surface area contributed by atoms with Crippen molar-refractivity contribution in [2.45, 2.75) is 71.2 Å². The summed E-state index contributed by atoms with van der Waals surface area (Å²) >= 11 is 0. The Balaban J connectivity index is 1.08. The maximum atomic E-state index is 9.92. The van der Waals surface area contributed by atoms with Gasteiger partial charge in [0.1, 0.15) is 5.52 Å². The minimum Gasteiger partial charge on any atom is -0.392 e. The summed E-state index contributed by atoms with van der Waals surface area (Å²) in [6.07, 6.45) is 9.46. The molecule has 46 heavy (non-hydrogen) atoms. The minimum atomic E-state index is -0.220. The molecule has 2 aromatic carbocycles. The maximum Gasteiger partial charge on any atom is 0.156 e. The van der Waals surface area contributed by atoms with Gasteiger partial charge < -0.3 is 10.4 Å². The van der Waals surface area contributed by atoms with E-state index in [0.29, 0.717) is 6.04 Å². The Kier molecular flexibility index (Phi) is 7.80. The van der Waals surface area contributed by atoms with Gasteiger partial charge in [0.25, 0.3) is 0 Å². The van der Waals surface area contributed by atoms with Gasteiger partial charge in [-0.15, -0.1) is 0 Å². The lowest BCUT2D eigenvalue weighted by Crippen LogP contribution is -2.30. The Hall–Kier alpha value is -4.11. The molecule has 1 unspecified atom stereocenters. The summed E-state index contributed by atoms with van der Waals surface area (Å²) in [5.41, 5.74) is 11.5. The first-order chi connectivity index (χ1) is 22.5. The second-order valence-electron chi connectivity index (χ2n) is 13.4. The van der Waals surface area contributed by atoms with Gasteiger partial charge in [-0.05, 0) is 111 Å². The van der Waals surface area contributed by atoms with Crippen LogP contribution in [0.2, 0.25) is 0 Å². The monoisotopic (exact) mass is 613 g/mol. The molecule has 8 nitrogen and oxygen atoms in total. The summed E-state index contributed by atoms with van der Waals surface area (Å²) < 4.78 is 2.27. The van der Waals surface area contributed by atoms with Crippen molar-refractivity contribution >= 4 is 22.4 Å². The highest BCUT2D eigenvalue weighted by Gasteiger charge is 2.30. The largest absolute Gasteiger partial charge is 0.392 e. The predicted molar refractivity (Wildman–Crippen MR) is 184 cm³/mol. The van der Waals surface area contributed by atoms with Crippen molar-refractivity contribution in [3.8, 4) is 22.4 Å². The van der Waals surface area contributed by atoms with Crippen LogP contribution >= 0.6 is 0 Å². The van der Waals surface area contributed by atoms with Gasteiger partial charge in [0.15, 0.2) is 5.82 Å². The number of β-amino-alcohol motifs (C(OH)–C–C–N with tert-alkyl or cyclic N) is 1. The highest BCUT2D eigenvalue weighted by atomic mass is 16.3. The molecule has 3 aromatic heterocycles. The molecule has 0 saturated carbocycles. The molecule has 6 heterocycles. The topological polar surface area (TPSA) is 82.3 Å². The molecule has 0 bridgehead atoms. The fraction of sp³-hybridized carbons (Fsp3) is 0.395. The Morgan fingerprint density at radius 2 is 1.65 bits per heavy atom. The third kappa shape index (κ3) is 5.48. The lowest BCUT2D eigenvalue weighted by atomic mass is 9.91. The quantitative estimate of drug-likeness (QED) is 0.204. The number of aliphatic hydroxyl groups is 1. The standard InChI is InChI=1S/C38H43N7O/c1-25-30(8-5-10-32(25)34-21-36-35(44-16-3-4-17-44)12-7-18-45(36)42-34)31-9-6-11-33(26(31)2)41-38-37-28(13-15-39-38)20-27(22-40-37)23-43-19-14-29(46)24-43/h5-6,8-11,13,15,20-22,29,35,46H,3-4,7,12,14,16-19,23-24H2,1-2H3,(H,39,41)/t29-,35?/m1/s1. The fourth-order valence-electron chi connectivity index (χ4n) is 7.91. The minimum absolute atomic E-state index is 0.220. The average Bonchev–Trinajstić information content (AvgIpc) is 3.84. The normalized spacial score (nSPS) is 20.4. The van der Waals surface area contributed by atoms with Crippen LogP contribution < -0.4 is 5.32 Å². The number of pyridine rings is 2. The number of benzene rings is 2. The van der Waals surface area contributed by atoms with Gasteiger partial charge in [-0.1, -0.05) is 30.3 Å². The number of nitrogens with zero attached hydrogens (tertiary/aromatic N) is 6. The van der Waals surface area contributed by atoms with Gasteiger partial charge in [-0.2, -0.15) is 5.10 Å². The Labute approximate surface area is 271 Å². The van der Waals surface area contributed by atoms with E-state index in [1.54, 1.807) is 0 Å². The molecule has 2 atom stereocenters. The number of hydrogen-bond acceptors (Lipinski definition) is 7. The summed E-state index contributed by atoms with van der Waals surface area (Å²) in [6.45, 7) is 10.3. The molecule has 0 amide bonds. The van der Waals surface area contributed by atoms with Crippen molar-refractivity contribution in [3.63, 3.8) is 0 Å². The first-order valence-corrected chi connectivity index (χ1v) is 16.9. The summed E-state index contributed by atoms with van der Waals surface area (Å²) in [5.74, 6) is 0.752. The van der Waals surface area contributed by atoms with Crippen LogP contribution in [-0.2, 0) is 13.1 Å². The van der Waals surface area contributed by atoms with Crippen molar-refractivity contribution in [1.29, 1.82) is 0 Å². The molecule has 3 aliphatic rings. The third-order valence-electron chi connectivity index (χ3n) is 10.4. The molecule has 5 aromatic rings. The number of aromatic nitrogens is 4. The van der Waals surface area contributed by atoms with Crippen molar-refractivity contribution in [2.24, 2.45) is 0 Å². The molecule has 2 N–H and O–H groups in total. The van der Waals surface area contributed by atoms with Crippen LogP contribution in [0.4, 0.5) is 11.5 Å². The van der Waals surface area contributed by atoms with Crippen LogP contribution in [-0.4, -0.2) is 66.9 Å². The summed E-state index contributed by atoms with van der Waals surface area (Å²) in [7, 11) is 0. The Morgan fingerprint density at radius 1 is 0.848 bits per heavy atom. The van der Waals surface area contributed by atoms with E-state index < -0.39 is 0 Å². The van der Waals surface area contributed by atoms with Gasteiger partial charge in [-0.3, -0.25) is 19.5 Å². The molecule has 2 fully saturated rings. The van der Waals surface area contributed by atoms with Gasteiger partial charge >= 0.3 is 0 Å².